The van der Waals surface area contributed by atoms with Crippen LogP contribution in [-0.4, -0.2) is 11.8 Å². The first-order valence-corrected chi connectivity index (χ1v) is 6.79. The highest BCUT2D eigenvalue weighted by Gasteiger charge is 2.07. The zero-order chi connectivity index (χ0) is 15.4. The first kappa shape index (κ1) is 15.1. The summed E-state index contributed by atoms with van der Waals surface area (Å²) in [5, 5.41) is 6.03. The van der Waals surface area contributed by atoms with Gasteiger partial charge in [-0.25, -0.2) is 4.79 Å². The van der Waals surface area contributed by atoms with Crippen LogP contribution in [0.5, 0.6) is 0 Å². The number of carbonyl (C=O) groups is 2. The number of urea groups is 1. The van der Waals surface area contributed by atoms with Crippen molar-refractivity contribution >= 4 is 34.8 Å². The summed E-state index contributed by atoms with van der Waals surface area (Å²) in [6.07, 6.45) is 0. The number of rotatable bonds is 3. The average molecular weight is 303 g/mol. The Morgan fingerprint density at radius 1 is 1.00 bits per heavy atom. The van der Waals surface area contributed by atoms with Crippen molar-refractivity contribution in [2.24, 2.45) is 0 Å². The number of halogens is 1. The monoisotopic (exact) mass is 302 g/mol. The van der Waals surface area contributed by atoms with Gasteiger partial charge in [0.25, 0.3) is 0 Å². The molecule has 0 bridgehead atoms. The highest BCUT2D eigenvalue weighted by molar-refractivity contribution is 6.31. The predicted octanol–water partition coefficient (Wildman–Crippen LogP) is 4.50. The molecule has 0 heterocycles. The Morgan fingerprint density at radius 2 is 1.67 bits per heavy atom. The molecule has 5 heteroatoms. The van der Waals surface area contributed by atoms with Gasteiger partial charge in [0.05, 0.1) is 0 Å². The van der Waals surface area contributed by atoms with Crippen LogP contribution < -0.4 is 10.6 Å². The van der Waals surface area contributed by atoms with Crippen molar-refractivity contribution in [3.8, 4) is 0 Å². The van der Waals surface area contributed by atoms with Crippen LogP contribution in [-0.2, 0) is 0 Å². The lowest BCUT2D eigenvalue weighted by Crippen LogP contribution is -2.20. The first-order chi connectivity index (χ1) is 9.97. The van der Waals surface area contributed by atoms with Crippen LogP contribution in [0.25, 0.3) is 0 Å². The van der Waals surface area contributed by atoms with E-state index in [2.05, 4.69) is 10.6 Å². The SMILES string of the molecule is CC(=O)c1ccc(NC(=O)Nc2cccc(Cl)c2C)cc1. The van der Waals surface area contributed by atoms with E-state index in [4.69, 9.17) is 11.6 Å². The van der Waals surface area contributed by atoms with Gasteiger partial charge in [0.2, 0.25) is 0 Å². The summed E-state index contributed by atoms with van der Waals surface area (Å²) in [6, 6.07) is 11.6. The number of hydrogen-bond donors (Lipinski definition) is 2. The molecule has 0 aliphatic heterocycles. The molecule has 0 saturated carbocycles. The maximum atomic E-state index is 11.9. The number of nitrogens with one attached hydrogen (secondary N) is 2. The van der Waals surface area contributed by atoms with Gasteiger partial charge in [0, 0.05) is 22.0 Å². The molecular weight excluding hydrogens is 288 g/mol. The lowest BCUT2D eigenvalue weighted by molar-refractivity contribution is 0.101. The van der Waals surface area contributed by atoms with Crippen molar-refractivity contribution < 1.29 is 9.59 Å². The summed E-state index contributed by atoms with van der Waals surface area (Å²) in [7, 11) is 0. The molecule has 2 N–H and O–H groups in total. The van der Waals surface area contributed by atoms with Crippen molar-refractivity contribution in [2.45, 2.75) is 13.8 Å². The highest BCUT2D eigenvalue weighted by Crippen LogP contribution is 2.23. The van der Waals surface area contributed by atoms with Crippen molar-refractivity contribution in [3.63, 3.8) is 0 Å². The number of anilines is 2. The molecule has 108 valence electrons. The Balaban J connectivity index is 2.04. The minimum Gasteiger partial charge on any atom is -0.308 e. The minimum atomic E-state index is -0.365. The minimum absolute atomic E-state index is 0.0134. The van der Waals surface area contributed by atoms with Crippen molar-refractivity contribution in [2.75, 3.05) is 10.6 Å². The summed E-state index contributed by atoms with van der Waals surface area (Å²) < 4.78 is 0. The third-order valence-electron chi connectivity index (χ3n) is 3.07. The molecule has 0 aliphatic rings. The maximum absolute atomic E-state index is 11.9. The van der Waals surface area contributed by atoms with Crippen LogP contribution in [0.15, 0.2) is 42.5 Å². The zero-order valence-corrected chi connectivity index (χ0v) is 12.5. The van der Waals surface area contributed by atoms with Crippen molar-refractivity contribution in [1.82, 2.24) is 0 Å². The van der Waals surface area contributed by atoms with Gasteiger partial charge in [-0.1, -0.05) is 17.7 Å². The lowest BCUT2D eigenvalue weighted by Gasteiger charge is -2.11. The third-order valence-corrected chi connectivity index (χ3v) is 3.47. The summed E-state index contributed by atoms with van der Waals surface area (Å²) in [5.74, 6) is -0.0134. The van der Waals surface area contributed by atoms with E-state index in [0.29, 0.717) is 22.0 Å². The summed E-state index contributed by atoms with van der Waals surface area (Å²) in [4.78, 5) is 23.1. The van der Waals surface area contributed by atoms with E-state index in [1.54, 1.807) is 42.5 Å². The number of benzene rings is 2. The molecule has 0 radical (unpaired) electrons. The van der Waals surface area contributed by atoms with Gasteiger partial charge in [-0.2, -0.15) is 0 Å². The first-order valence-electron chi connectivity index (χ1n) is 6.41. The quantitative estimate of drug-likeness (QED) is 0.820. The highest BCUT2D eigenvalue weighted by atomic mass is 35.5. The van der Waals surface area contributed by atoms with Crippen molar-refractivity contribution in [1.29, 1.82) is 0 Å². The molecular formula is C16H15ClN2O2. The Hall–Kier alpha value is -2.33. The second-order valence-electron chi connectivity index (χ2n) is 4.63. The van der Waals surface area contributed by atoms with Gasteiger partial charge in [0.1, 0.15) is 0 Å². The largest absolute Gasteiger partial charge is 0.323 e. The Morgan fingerprint density at radius 3 is 2.29 bits per heavy atom. The molecule has 21 heavy (non-hydrogen) atoms. The Kier molecular flexibility index (Phi) is 4.60. The van der Waals surface area contributed by atoms with Gasteiger partial charge in [-0.05, 0) is 55.8 Å². The molecule has 0 spiro atoms. The van der Waals surface area contributed by atoms with Crippen LogP contribution in [0, 0.1) is 6.92 Å². The molecule has 0 unspecified atom stereocenters. The number of carbonyl (C=O) groups excluding carboxylic acids is 2. The van der Waals surface area contributed by atoms with Crippen LogP contribution in [0.1, 0.15) is 22.8 Å². The molecule has 0 fully saturated rings. The molecule has 0 saturated heterocycles. The third kappa shape index (κ3) is 3.83. The Labute approximate surface area is 128 Å². The van der Waals surface area contributed by atoms with Crippen LogP contribution >= 0.6 is 11.6 Å². The Bertz CT molecular complexity index is 681. The summed E-state index contributed by atoms with van der Waals surface area (Å²) in [6.45, 7) is 3.33. The molecule has 2 aromatic carbocycles. The molecule has 4 nitrogen and oxygen atoms in total. The van der Waals surface area contributed by atoms with Gasteiger partial charge in [-0.15, -0.1) is 0 Å². The molecule has 2 rings (SSSR count). The number of hydrogen-bond acceptors (Lipinski definition) is 2. The normalized spacial score (nSPS) is 10.0. The van der Waals surface area contributed by atoms with Crippen molar-refractivity contribution in [3.05, 3.63) is 58.6 Å². The number of ketones is 1. The average Bonchev–Trinajstić information content (AvgIpc) is 2.44. The predicted molar refractivity (Wildman–Crippen MR) is 85.3 cm³/mol. The number of amides is 2. The summed E-state index contributed by atoms with van der Waals surface area (Å²) in [5.41, 5.74) is 2.67. The van der Waals surface area contributed by atoms with Crippen LogP contribution in [0.2, 0.25) is 5.02 Å². The molecule has 0 aliphatic carbocycles. The van der Waals surface area contributed by atoms with E-state index in [-0.39, 0.29) is 11.8 Å². The second-order valence-corrected chi connectivity index (χ2v) is 5.03. The van der Waals surface area contributed by atoms with Gasteiger partial charge < -0.3 is 10.6 Å². The smallest absolute Gasteiger partial charge is 0.308 e. The molecule has 0 aromatic heterocycles. The van der Waals surface area contributed by atoms with Gasteiger partial charge >= 0.3 is 6.03 Å². The second kappa shape index (κ2) is 6.41. The van der Waals surface area contributed by atoms with E-state index >= 15 is 0 Å². The lowest BCUT2D eigenvalue weighted by atomic mass is 10.1. The molecule has 2 aromatic rings. The van der Waals surface area contributed by atoms with Crippen LogP contribution in [0.4, 0.5) is 16.2 Å². The van der Waals surface area contributed by atoms with E-state index in [0.717, 1.165) is 5.56 Å². The molecule has 2 amide bonds. The van der Waals surface area contributed by atoms with E-state index < -0.39 is 0 Å². The zero-order valence-electron chi connectivity index (χ0n) is 11.7. The maximum Gasteiger partial charge on any atom is 0.323 e. The number of Topliss-reactive ketones (excluding diaryl/α,β-unsaturated/α-hetero) is 1. The summed E-state index contributed by atoms with van der Waals surface area (Å²) >= 11 is 6.00. The van der Waals surface area contributed by atoms with Gasteiger partial charge in [0.15, 0.2) is 5.78 Å². The topological polar surface area (TPSA) is 58.2 Å². The van der Waals surface area contributed by atoms with E-state index in [1.807, 2.05) is 6.92 Å². The van der Waals surface area contributed by atoms with Gasteiger partial charge in [-0.3, -0.25) is 4.79 Å². The van der Waals surface area contributed by atoms with Crippen LogP contribution in [0.3, 0.4) is 0 Å². The van der Waals surface area contributed by atoms with E-state index in [9.17, 15) is 9.59 Å². The fourth-order valence-electron chi connectivity index (χ4n) is 1.82. The van der Waals surface area contributed by atoms with E-state index in [1.165, 1.54) is 6.92 Å². The fourth-order valence-corrected chi connectivity index (χ4v) is 1.99. The standard InChI is InChI=1S/C16H15ClN2O2/c1-10-14(17)4-3-5-15(10)19-16(21)18-13-8-6-12(7-9-13)11(2)20/h3-9H,1-2H3,(H2,18,19,21). The fraction of sp³-hybridized carbons (Fsp3) is 0.125. The molecule has 0 atom stereocenters.